The van der Waals surface area contributed by atoms with Gasteiger partial charge in [0.25, 0.3) is 0 Å². The summed E-state index contributed by atoms with van der Waals surface area (Å²) < 4.78 is 14.2. The molecular weight excluding hydrogens is 695 g/mol. The lowest BCUT2D eigenvalue weighted by Crippen LogP contribution is -2.54. The first-order valence-electron chi connectivity index (χ1n) is 19.8. The summed E-state index contributed by atoms with van der Waals surface area (Å²) >= 11 is 0. The number of nitrogens with zero attached hydrogens (tertiary/aromatic N) is 1. The molecule has 0 radical (unpaired) electrons. The maximum absolute atomic E-state index is 15.1. The Labute approximate surface area is 326 Å². The van der Waals surface area contributed by atoms with Crippen molar-refractivity contribution in [3.05, 3.63) is 60.0 Å². The van der Waals surface area contributed by atoms with Crippen LogP contribution in [0.4, 0.5) is 0 Å². The minimum absolute atomic E-state index is 0.0503. The van der Waals surface area contributed by atoms with Crippen LogP contribution in [0.2, 0.25) is 36.3 Å². The zero-order chi connectivity index (χ0) is 41.0. The minimum atomic E-state index is -2.35. The molecular formula is C44H77NO6Si2. The van der Waals surface area contributed by atoms with E-state index in [9.17, 15) is 15.0 Å². The predicted molar refractivity (Wildman–Crippen MR) is 228 cm³/mol. The third kappa shape index (κ3) is 15.5. The molecule has 2 N–H and O–H groups in total. The number of carbonyl (C=O) groups is 2. The van der Waals surface area contributed by atoms with Crippen LogP contribution in [0, 0.1) is 17.3 Å². The second-order valence-electron chi connectivity index (χ2n) is 19.0. The largest absolute Gasteiger partial charge is 0.481 e. The van der Waals surface area contributed by atoms with Crippen LogP contribution >= 0.6 is 0 Å². The van der Waals surface area contributed by atoms with Crippen molar-refractivity contribution in [3.63, 3.8) is 0 Å². The number of rotatable bonds is 23. The van der Waals surface area contributed by atoms with E-state index in [1.54, 1.807) is 6.20 Å². The van der Waals surface area contributed by atoms with E-state index >= 15 is 4.79 Å². The van der Waals surface area contributed by atoms with E-state index in [1.807, 2.05) is 51.1 Å². The standard InChI is InChI=1S/C44H77NO6Si2/c1-17-18-25-36(41(49)44(11,12)38(28-29-39(47)48)50-52(13,14)42(5,6)7)40(51-53(15,16)43(8,9)10)33(3)23-21-22-32(2)26-27-37(46)34(4)31-35-24-19-20-30-45-35/h17,19-20,24,26,30-31,33,36-38,40,46H,1,18,21-23,25,27-29H2,2-16H3,(H,47,48)/b32-26-,34-31+/t33-,36+,37-,38-,40-/m0/s1. The number of carbonyl (C=O) groups excluding carboxylic acids is 1. The highest BCUT2D eigenvalue weighted by Crippen LogP contribution is 2.45. The van der Waals surface area contributed by atoms with E-state index in [2.05, 4.69) is 99.2 Å². The van der Waals surface area contributed by atoms with Crippen LogP contribution in [0.5, 0.6) is 0 Å². The smallest absolute Gasteiger partial charge is 0.303 e. The average molecular weight is 772 g/mol. The summed E-state index contributed by atoms with van der Waals surface area (Å²) in [6, 6.07) is 5.75. The van der Waals surface area contributed by atoms with Crippen molar-refractivity contribution < 1.29 is 28.7 Å². The molecule has 0 aliphatic carbocycles. The number of aromatic nitrogens is 1. The molecule has 1 aromatic rings. The van der Waals surface area contributed by atoms with Gasteiger partial charge in [-0.2, -0.15) is 0 Å². The van der Waals surface area contributed by atoms with E-state index < -0.39 is 46.1 Å². The molecule has 9 heteroatoms. The number of pyridine rings is 1. The molecule has 0 aromatic carbocycles. The molecule has 0 saturated heterocycles. The van der Waals surface area contributed by atoms with Crippen LogP contribution in [0.25, 0.3) is 6.08 Å². The molecule has 0 spiro atoms. The number of carboxylic acids is 1. The van der Waals surface area contributed by atoms with Crippen LogP contribution in [0.3, 0.4) is 0 Å². The molecule has 1 heterocycles. The van der Waals surface area contributed by atoms with Crippen molar-refractivity contribution >= 4 is 34.5 Å². The first-order valence-corrected chi connectivity index (χ1v) is 25.6. The fourth-order valence-electron chi connectivity index (χ4n) is 6.10. The highest BCUT2D eigenvalue weighted by atomic mass is 28.4. The van der Waals surface area contributed by atoms with E-state index in [1.165, 1.54) is 5.57 Å². The molecule has 1 aromatic heterocycles. The van der Waals surface area contributed by atoms with Gasteiger partial charge in [0.15, 0.2) is 16.6 Å². The second kappa shape index (κ2) is 20.7. The number of aliphatic hydroxyl groups excluding tert-OH is 1. The van der Waals surface area contributed by atoms with Gasteiger partial charge in [-0.25, -0.2) is 0 Å². The number of hydrogen-bond acceptors (Lipinski definition) is 6. The van der Waals surface area contributed by atoms with Crippen molar-refractivity contribution in [1.82, 2.24) is 4.98 Å². The summed E-state index contributed by atoms with van der Waals surface area (Å²) in [5, 5.41) is 20.4. The molecule has 5 atom stereocenters. The third-order valence-electron chi connectivity index (χ3n) is 12.0. The van der Waals surface area contributed by atoms with Gasteiger partial charge in [-0.3, -0.25) is 14.6 Å². The van der Waals surface area contributed by atoms with Crippen molar-refractivity contribution in [1.29, 1.82) is 0 Å². The van der Waals surface area contributed by atoms with Gasteiger partial charge in [0.05, 0.1) is 24.0 Å². The van der Waals surface area contributed by atoms with E-state index in [0.29, 0.717) is 19.3 Å². The van der Waals surface area contributed by atoms with Crippen LogP contribution in [-0.4, -0.2) is 61.9 Å². The Balaban J connectivity index is 3.42. The number of hydrogen-bond donors (Lipinski definition) is 2. The van der Waals surface area contributed by atoms with Gasteiger partial charge >= 0.3 is 5.97 Å². The minimum Gasteiger partial charge on any atom is -0.481 e. The summed E-state index contributed by atoms with van der Waals surface area (Å²) in [6.07, 6.45) is 11.0. The zero-order valence-corrected chi connectivity index (χ0v) is 38.3. The number of aliphatic hydroxyl groups is 1. The van der Waals surface area contributed by atoms with Crippen molar-refractivity contribution in [3.8, 4) is 0 Å². The molecule has 53 heavy (non-hydrogen) atoms. The van der Waals surface area contributed by atoms with Crippen LogP contribution in [0.1, 0.15) is 133 Å². The SMILES string of the molecule is C=CCC[C@@H](C(=O)C(C)(C)[C@H](CCC(=O)O)O[Si](C)(C)C(C)(C)C)[C@@H](O[Si](C)(C)C(C)(C)C)[C@@H](C)CCC/C(C)=C\C[C@H](O)/C(C)=C/c1ccccn1. The number of allylic oxidation sites excluding steroid dienone is 2. The van der Waals surface area contributed by atoms with Crippen LogP contribution < -0.4 is 0 Å². The summed E-state index contributed by atoms with van der Waals surface area (Å²) in [4.78, 5) is 31.3. The van der Waals surface area contributed by atoms with Crippen molar-refractivity contribution in [2.24, 2.45) is 17.3 Å². The Bertz CT molecular complexity index is 1370. The topological polar surface area (TPSA) is 106 Å². The Hall–Kier alpha value is -2.18. The van der Waals surface area contributed by atoms with Crippen molar-refractivity contribution in [2.75, 3.05) is 0 Å². The Morgan fingerprint density at radius 1 is 0.906 bits per heavy atom. The van der Waals surface area contributed by atoms with E-state index in [0.717, 1.165) is 30.5 Å². The first kappa shape index (κ1) is 48.8. The maximum Gasteiger partial charge on any atom is 0.303 e. The summed E-state index contributed by atoms with van der Waals surface area (Å²) in [6.45, 7) is 36.2. The highest BCUT2D eigenvalue weighted by Gasteiger charge is 2.50. The lowest BCUT2D eigenvalue weighted by atomic mass is 9.71. The molecule has 7 nitrogen and oxygen atoms in total. The van der Waals surface area contributed by atoms with Gasteiger partial charge < -0.3 is 19.1 Å². The number of aliphatic carboxylic acids is 1. The lowest BCUT2D eigenvalue weighted by molar-refractivity contribution is -0.144. The van der Waals surface area contributed by atoms with Crippen LogP contribution in [0.15, 0.2) is 54.3 Å². The predicted octanol–water partition coefficient (Wildman–Crippen LogP) is 11.8. The zero-order valence-electron chi connectivity index (χ0n) is 36.3. The van der Waals surface area contributed by atoms with Gasteiger partial charge in [-0.05, 0) is 125 Å². The Morgan fingerprint density at radius 2 is 1.49 bits per heavy atom. The molecule has 0 amide bonds. The number of ketones is 1. The molecule has 0 aliphatic rings. The Morgan fingerprint density at radius 3 is 2.00 bits per heavy atom. The molecule has 1 rings (SSSR count). The first-order chi connectivity index (χ1) is 24.2. The quantitative estimate of drug-likeness (QED) is 0.0843. The van der Waals surface area contributed by atoms with Gasteiger partial charge in [0, 0.05) is 24.0 Å². The number of Topliss-reactive ketones (excluding diaryl/α,β-unsaturated/α-hetero) is 1. The fourth-order valence-corrected chi connectivity index (χ4v) is 9.01. The summed E-state index contributed by atoms with van der Waals surface area (Å²) in [5.74, 6) is -1.10. The van der Waals surface area contributed by atoms with Gasteiger partial charge in [-0.1, -0.05) is 86.1 Å². The third-order valence-corrected chi connectivity index (χ3v) is 21.0. The van der Waals surface area contributed by atoms with E-state index in [4.69, 9.17) is 8.85 Å². The van der Waals surface area contributed by atoms with Crippen molar-refractivity contribution in [2.45, 2.75) is 182 Å². The summed E-state index contributed by atoms with van der Waals surface area (Å²) in [7, 11) is -4.66. The molecule has 302 valence electrons. The molecule has 0 aliphatic heterocycles. The lowest BCUT2D eigenvalue weighted by Gasteiger charge is -2.47. The molecule has 0 fully saturated rings. The number of carboxylic acid groups (broad SMARTS) is 1. The fraction of sp³-hybridized carbons (Fsp3) is 0.705. The monoisotopic (exact) mass is 772 g/mol. The summed E-state index contributed by atoms with van der Waals surface area (Å²) in [5.41, 5.74) is 2.01. The normalized spacial score (nSPS) is 16.8. The molecule has 0 bridgehead atoms. The highest BCUT2D eigenvalue weighted by molar-refractivity contribution is 6.74. The van der Waals surface area contributed by atoms with Gasteiger partial charge in [0.2, 0.25) is 0 Å². The van der Waals surface area contributed by atoms with Gasteiger partial charge in [0.1, 0.15) is 5.78 Å². The molecule has 0 unspecified atom stereocenters. The maximum atomic E-state index is 15.1. The molecule has 0 saturated carbocycles. The second-order valence-corrected chi connectivity index (χ2v) is 28.5. The van der Waals surface area contributed by atoms with E-state index in [-0.39, 0.29) is 40.7 Å². The Kier molecular flexibility index (Phi) is 19.0. The average Bonchev–Trinajstić information content (AvgIpc) is 3.03. The van der Waals surface area contributed by atoms with Gasteiger partial charge in [-0.15, -0.1) is 6.58 Å². The van der Waals surface area contributed by atoms with Crippen LogP contribution in [-0.2, 0) is 18.4 Å².